The number of rotatable bonds is 4. The zero-order chi connectivity index (χ0) is 20.4. The number of nitrogens with one attached hydrogen (secondary N) is 1. The van der Waals surface area contributed by atoms with Crippen LogP contribution in [0.3, 0.4) is 0 Å². The number of ether oxygens (including phenoxy) is 2. The van der Waals surface area contributed by atoms with Gasteiger partial charge in [-0.2, -0.15) is 0 Å². The summed E-state index contributed by atoms with van der Waals surface area (Å²) < 4.78 is 11.7. The van der Waals surface area contributed by atoms with E-state index in [1.54, 1.807) is 0 Å². The topological polar surface area (TPSA) is 37.0 Å². The van der Waals surface area contributed by atoms with Gasteiger partial charge in [0, 0.05) is 26.8 Å². The van der Waals surface area contributed by atoms with Gasteiger partial charge in [-0.1, -0.05) is 52.0 Å². The van der Waals surface area contributed by atoms with E-state index in [9.17, 15) is 0 Å². The minimum Gasteiger partial charge on any atom is -0.381 e. The molecule has 0 spiro atoms. The minimum atomic E-state index is 0.00124. The summed E-state index contributed by atoms with van der Waals surface area (Å²) in [4.78, 5) is 2.49. The van der Waals surface area contributed by atoms with Gasteiger partial charge in [0.05, 0.1) is 0 Å². The fourth-order valence-corrected chi connectivity index (χ4v) is 4.12. The van der Waals surface area contributed by atoms with Crippen LogP contribution >= 0.6 is 0 Å². The molecule has 0 bridgehead atoms. The number of nitrogens with zero attached hydrogens (tertiary/aromatic N) is 2. The Hall–Kier alpha value is -0.980. The molecule has 0 saturated carbocycles. The molecule has 160 valence electrons. The van der Waals surface area contributed by atoms with Crippen LogP contribution in [0, 0.1) is 0 Å². The molecule has 0 aliphatic carbocycles. The van der Waals surface area contributed by atoms with Gasteiger partial charge in [0.2, 0.25) is 0 Å². The second-order valence-corrected chi connectivity index (χ2v) is 7.28. The van der Waals surface area contributed by atoms with E-state index in [0.29, 0.717) is 5.92 Å². The maximum atomic E-state index is 6.26. The van der Waals surface area contributed by atoms with E-state index in [1.165, 1.54) is 37.1 Å². The summed E-state index contributed by atoms with van der Waals surface area (Å²) in [6, 6.07) is 9.00. The van der Waals surface area contributed by atoms with Gasteiger partial charge in [-0.3, -0.25) is 4.90 Å². The van der Waals surface area contributed by atoms with Crippen LogP contribution in [0.1, 0.15) is 76.7 Å². The van der Waals surface area contributed by atoms with Crippen molar-refractivity contribution in [3.8, 4) is 0 Å². The first-order valence-corrected chi connectivity index (χ1v) is 11.3. The number of likely N-dealkylation sites (tertiary alicyclic amines) is 1. The molecule has 0 amide bonds. The molecule has 4 rings (SSSR count). The molecule has 3 fully saturated rings. The van der Waals surface area contributed by atoms with Crippen LogP contribution in [0.5, 0.6) is 0 Å². The lowest BCUT2D eigenvalue weighted by atomic mass is 9.91. The first-order valence-electron chi connectivity index (χ1n) is 11.3. The highest BCUT2D eigenvalue weighted by molar-refractivity contribution is 5.27. The van der Waals surface area contributed by atoms with Gasteiger partial charge in [0.1, 0.15) is 6.23 Å². The van der Waals surface area contributed by atoms with Gasteiger partial charge < -0.3 is 9.47 Å². The molecule has 1 aromatic carbocycles. The van der Waals surface area contributed by atoms with E-state index in [4.69, 9.17) is 9.47 Å². The van der Waals surface area contributed by atoms with Crippen LogP contribution in [-0.2, 0) is 9.47 Å². The van der Waals surface area contributed by atoms with Gasteiger partial charge >= 0.3 is 0 Å². The second kappa shape index (κ2) is 12.6. The van der Waals surface area contributed by atoms with E-state index >= 15 is 0 Å². The largest absolute Gasteiger partial charge is 0.381 e. The van der Waals surface area contributed by atoms with Crippen molar-refractivity contribution in [1.82, 2.24) is 15.3 Å². The molecule has 5 heteroatoms. The van der Waals surface area contributed by atoms with Crippen molar-refractivity contribution in [2.45, 2.75) is 71.8 Å². The second-order valence-electron chi connectivity index (χ2n) is 7.28. The van der Waals surface area contributed by atoms with E-state index in [0.717, 1.165) is 32.6 Å². The van der Waals surface area contributed by atoms with Crippen molar-refractivity contribution in [3.05, 3.63) is 35.4 Å². The van der Waals surface area contributed by atoms with E-state index in [-0.39, 0.29) is 12.5 Å². The van der Waals surface area contributed by atoms with Crippen LogP contribution in [0.2, 0.25) is 0 Å². The van der Waals surface area contributed by atoms with E-state index < -0.39 is 0 Å². The highest BCUT2D eigenvalue weighted by atomic mass is 16.6. The van der Waals surface area contributed by atoms with Crippen LogP contribution in [0.15, 0.2) is 24.3 Å². The fourth-order valence-electron chi connectivity index (χ4n) is 4.12. The molecule has 1 N–H and O–H groups in total. The average molecular weight is 392 g/mol. The lowest BCUT2D eigenvalue weighted by molar-refractivity contribution is -0.00429. The Kier molecular flexibility index (Phi) is 10.4. The molecular weight excluding hydrogens is 350 g/mol. The van der Waals surface area contributed by atoms with Gasteiger partial charge in [0.25, 0.3) is 0 Å². The Morgan fingerprint density at radius 3 is 2.11 bits per heavy atom. The third-order valence-corrected chi connectivity index (χ3v) is 5.53. The minimum absolute atomic E-state index is 0.00124. The normalized spacial score (nSPS) is 26.3. The van der Waals surface area contributed by atoms with Crippen LogP contribution in [0.4, 0.5) is 0 Å². The van der Waals surface area contributed by atoms with Crippen molar-refractivity contribution >= 4 is 0 Å². The van der Waals surface area contributed by atoms with Crippen LogP contribution in [0.25, 0.3) is 0 Å². The van der Waals surface area contributed by atoms with Crippen molar-refractivity contribution < 1.29 is 9.47 Å². The third-order valence-electron chi connectivity index (χ3n) is 5.53. The Morgan fingerprint density at radius 1 is 0.929 bits per heavy atom. The Bertz CT molecular complexity index is 525. The molecular formula is C23H41N3O2. The summed E-state index contributed by atoms with van der Waals surface area (Å²) in [6.45, 7) is 13.2. The van der Waals surface area contributed by atoms with E-state index in [1.807, 2.05) is 27.7 Å². The first-order chi connectivity index (χ1) is 13.8. The highest BCUT2D eigenvalue weighted by Gasteiger charge is 2.32. The molecule has 3 saturated heterocycles. The number of benzene rings is 1. The number of hydrazine groups is 1. The van der Waals surface area contributed by atoms with Crippen molar-refractivity contribution in [2.24, 2.45) is 0 Å². The van der Waals surface area contributed by atoms with E-state index in [2.05, 4.69) is 46.6 Å². The van der Waals surface area contributed by atoms with Crippen LogP contribution < -0.4 is 5.43 Å². The standard InChI is InChI=1S/C19H29N3O2.2C2H6/c1-21-19(24-18(20-21)14-22-10-2-3-11-22)17-6-4-15(5-7-17)16-8-12-23-13-9-16;2*1-2/h4-7,16,18-20H,2-3,8-14H2,1H3;2*1-2H3. The zero-order valence-corrected chi connectivity index (χ0v) is 18.6. The van der Waals surface area contributed by atoms with Gasteiger partial charge in [-0.15, -0.1) is 0 Å². The number of hydrogen-bond donors (Lipinski definition) is 1. The maximum Gasteiger partial charge on any atom is 0.151 e. The first kappa shape index (κ1) is 23.3. The molecule has 2 unspecified atom stereocenters. The SMILES string of the molecule is CC.CC.CN1NC(CN2CCCC2)OC1c1ccc(C2CCOCC2)cc1. The average Bonchev–Trinajstić information content (AvgIpc) is 3.41. The zero-order valence-electron chi connectivity index (χ0n) is 18.6. The Morgan fingerprint density at radius 2 is 1.50 bits per heavy atom. The molecule has 0 aromatic heterocycles. The summed E-state index contributed by atoms with van der Waals surface area (Å²) in [5, 5.41) is 2.10. The monoisotopic (exact) mass is 391 g/mol. The number of hydrogen-bond acceptors (Lipinski definition) is 5. The molecule has 2 atom stereocenters. The fraction of sp³-hybridized carbons (Fsp3) is 0.739. The molecule has 3 heterocycles. The summed E-state index contributed by atoms with van der Waals surface area (Å²) in [5.41, 5.74) is 6.12. The summed E-state index contributed by atoms with van der Waals surface area (Å²) >= 11 is 0. The quantitative estimate of drug-likeness (QED) is 0.817. The lowest BCUT2D eigenvalue weighted by Gasteiger charge is -2.23. The maximum absolute atomic E-state index is 6.26. The highest BCUT2D eigenvalue weighted by Crippen LogP contribution is 2.31. The molecule has 28 heavy (non-hydrogen) atoms. The van der Waals surface area contributed by atoms with Crippen molar-refractivity contribution in [3.63, 3.8) is 0 Å². The van der Waals surface area contributed by atoms with Crippen molar-refractivity contribution in [2.75, 3.05) is 39.9 Å². The Labute approximate surface area is 172 Å². The predicted octanol–water partition coefficient (Wildman–Crippen LogP) is 4.52. The summed E-state index contributed by atoms with van der Waals surface area (Å²) in [5.74, 6) is 0.649. The Balaban J connectivity index is 0.000000660. The molecule has 1 aromatic rings. The summed E-state index contributed by atoms with van der Waals surface area (Å²) in [7, 11) is 2.07. The molecule has 0 radical (unpaired) electrons. The molecule has 5 nitrogen and oxygen atoms in total. The van der Waals surface area contributed by atoms with Gasteiger partial charge in [0.15, 0.2) is 6.23 Å². The molecule has 3 aliphatic rings. The molecule has 3 aliphatic heterocycles. The van der Waals surface area contributed by atoms with Crippen molar-refractivity contribution in [1.29, 1.82) is 0 Å². The predicted molar refractivity (Wildman–Crippen MR) is 116 cm³/mol. The lowest BCUT2D eigenvalue weighted by Crippen LogP contribution is -2.40. The summed E-state index contributed by atoms with van der Waals surface area (Å²) in [6.07, 6.45) is 5.01. The van der Waals surface area contributed by atoms with Gasteiger partial charge in [-0.25, -0.2) is 10.4 Å². The van der Waals surface area contributed by atoms with Gasteiger partial charge in [-0.05, 0) is 55.8 Å². The smallest absolute Gasteiger partial charge is 0.151 e. The van der Waals surface area contributed by atoms with Crippen LogP contribution in [-0.4, -0.2) is 56.0 Å². The third kappa shape index (κ3) is 6.26.